The van der Waals surface area contributed by atoms with Crippen molar-refractivity contribution in [2.24, 2.45) is 0 Å². The maximum absolute atomic E-state index is 13.4. The van der Waals surface area contributed by atoms with Gasteiger partial charge in [-0.1, -0.05) is 11.6 Å². The van der Waals surface area contributed by atoms with E-state index in [2.05, 4.69) is 9.97 Å². The van der Waals surface area contributed by atoms with Crippen LogP contribution in [0.15, 0.2) is 12.4 Å². The van der Waals surface area contributed by atoms with E-state index in [9.17, 15) is 26.7 Å². The lowest BCUT2D eigenvalue weighted by atomic mass is 10.1. The van der Waals surface area contributed by atoms with Gasteiger partial charge in [0.2, 0.25) is 5.82 Å². The minimum Gasteiger partial charge on any atom is -0.305 e. The Morgan fingerprint density at radius 2 is 1.48 bits per heavy atom. The van der Waals surface area contributed by atoms with E-state index >= 15 is 0 Å². The molecule has 0 aliphatic carbocycles. The molecule has 0 atom stereocenters. The molecule has 0 unspecified atom stereocenters. The molecule has 1 aromatic carbocycles. The van der Waals surface area contributed by atoms with Gasteiger partial charge in [-0.15, -0.1) is 0 Å². The van der Waals surface area contributed by atoms with Gasteiger partial charge in [0.15, 0.2) is 29.1 Å². The van der Waals surface area contributed by atoms with E-state index in [-0.39, 0.29) is 11.0 Å². The van der Waals surface area contributed by atoms with Crippen molar-refractivity contribution in [1.82, 2.24) is 9.97 Å². The minimum atomic E-state index is -2.36. The molecular formula is C11H3ClF5N3O. The summed E-state index contributed by atoms with van der Waals surface area (Å²) in [7, 11) is 0. The Morgan fingerprint density at radius 3 is 2.00 bits per heavy atom. The normalized spacial score (nSPS) is 10.6. The molecule has 2 rings (SSSR count). The van der Waals surface area contributed by atoms with Crippen LogP contribution < -0.4 is 5.32 Å². The van der Waals surface area contributed by atoms with Crippen molar-refractivity contribution in [3.8, 4) is 0 Å². The van der Waals surface area contributed by atoms with Gasteiger partial charge in [-0.3, -0.25) is 9.78 Å². The van der Waals surface area contributed by atoms with Gasteiger partial charge in [0, 0.05) is 0 Å². The number of aromatic nitrogens is 2. The van der Waals surface area contributed by atoms with E-state index in [0.29, 0.717) is 0 Å². The van der Waals surface area contributed by atoms with Crippen LogP contribution in [-0.4, -0.2) is 15.9 Å². The van der Waals surface area contributed by atoms with Gasteiger partial charge in [-0.05, 0) is 0 Å². The fourth-order valence-electron chi connectivity index (χ4n) is 1.39. The van der Waals surface area contributed by atoms with E-state index in [1.54, 1.807) is 0 Å². The fraction of sp³-hybridized carbons (Fsp3) is 0. The molecular weight excluding hydrogens is 321 g/mol. The van der Waals surface area contributed by atoms with Crippen LogP contribution in [0, 0.1) is 29.1 Å². The van der Waals surface area contributed by atoms with Crippen molar-refractivity contribution in [2.75, 3.05) is 5.32 Å². The third-order valence-electron chi connectivity index (χ3n) is 2.28. The van der Waals surface area contributed by atoms with Crippen molar-refractivity contribution in [1.29, 1.82) is 0 Å². The Hall–Kier alpha value is -2.29. The summed E-state index contributed by atoms with van der Waals surface area (Å²) in [6.07, 6.45) is 2.07. The molecule has 1 amide bonds. The first-order chi connectivity index (χ1) is 9.82. The molecule has 0 saturated carbocycles. The Balaban J connectivity index is 2.45. The number of nitrogens with zero attached hydrogens (tertiary/aromatic N) is 2. The molecule has 0 radical (unpaired) electrons. The number of rotatable bonds is 2. The van der Waals surface area contributed by atoms with Crippen LogP contribution in [0.1, 0.15) is 10.4 Å². The van der Waals surface area contributed by atoms with Crippen LogP contribution in [0.3, 0.4) is 0 Å². The standard InChI is InChI=1S/C11H3ClF5N3O/c12-3-1-18-2-4(19-3)20-11(21)5-6(13)8(15)10(17)9(16)7(5)14/h1-2H,(H,19,20,21). The van der Waals surface area contributed by atoms with E-state index in [4.69, 9.17) is 11.6 Å². The number of nitrogens with one attached hydrogen (secondary N) is 1. The van der Waals surface area contributed by atoms with Gasteiger partial charge in [-0.2, -0.15) is 0 Å². The lowest BCUT2D eigenvalue weighted by molar-refractivity contribution is 0.101. The maximum atomic E-state index is 13.4. The zero-order chi connectivity index (χ0) is 15.7. The van der Waals surface area contributed by atoms with Crippen LogP contribution in [-0.2, 0) is 0 Å². The third kappa shape index (κ3) is 2.77. The number of hydrogen-bond donors (Lipinski definition) is 1. The average Bonchev–Trinajstić information content (AvgIpc) is 2.43. The predicted molar refractivity (Wildman–Crippen MR) is 61.2 cm³/mol. The molecule has 0 bridgehead atoms. The average molecular weight is 324 g/mol. The molecule has 0 spiro atoms. The van der Waals surface area contributed by atoms with Gasteiger partial charge in [-0.25, -0.2) is 26.9 Å². The Labute approximate surface area is 118 Å². The van der Waals surface area contributed by atoms with E-state index < -0.39 is 40.6 Å². The number of benzene rings is 1. The largest absolute Gasteiger partial charge is 0.305 e. The summed E-state index contributed by atoms with van der Waals surface area (Å²) in [5, 5.41) is 1.67. The molecule has 1 heterocycles. The monoisotopic (exact) mass is 323 g/mol. The van der Waals surface area contributed by atoms with Crippen molar-refractivity contribution in [3.63, 3.8) is 0 Å². The highest BCUT2D eigenvalue weighted by Gasteiger charge is 2.29. The number of amides is 1. The molecule has 2 aromatic rings. The highest BCUT2D eigenvalue weighted by molar-refractivity contribution is 6.29. The highest BCUT2D eigenvalue weighted by Crippen LogP contribution is 2.23. The van der Waals surface area contributed by atoms with E-state index in [0.717, 1.165) is 12.4 Å². The summed E-state index contributed by atoms with van der Waals surface area (Å²) in [5.74, 6) is -13.2. The second-order valence-electron chi connectivity index (χ2n) is 3.63. The predicted octanol–water partition coefficient (Wildman–Crippen LogP) is 3.08. The maximum Gasteiger partial charge on any atom is 0.263 e. The highest BCUT2D eigenvalue weighted by atomic mass is 35.5. The van der Waals surface area contributed by atoms with Crippen molar-refractivity contribution in [2.45, 2.75) is 0 Å². The van der Waals surface area contributed by atoms with E-state index in [1.807, 2.05) is 5.32 Å². The smallest absolute Gasteiger partial charge is 0.263 e. The van der Waals surface area contributed by atoms with Crippen LogP contribution in [0.5, 0.6) is 0 Å². The summed E-state index contributed by atoms with van der Waals surface area (Å²) < 4.78 is 65.6. The third-order valence-corrected chi connectivity index (χ3v) is 2.47. The quantitative estimate of drug-likeness (QED) is 0.525. The van der Waals surface area contributed by atoms with Gasteiger partial charge in [0.05, 0.1) is 12.4 Å². The molecule has 21 heavy (non-hydrogen) atoms. The van der Waals surface area contributed by atoms with Gasteiger partial charge >= 0.3 is 0 Å². The number of anilines is 1. The van der Waals surface area contributed by atoms with E-state index in [1.165, 1.54) is 0 Å². The van der Waals surface area contributed by atoms with Gasteiger partial charge in [0.25, 0.3) is 5.91 Å². The number of hydrogen-bond acceptors (Lipinski definition) is 3. The van der Waals surface area contributed by atoms with Gasteiger partial charge in [0.1, 0.15) is 10.7 Å². The lowest BCUT2D eigenvalue weighted by Crippen LogP contribution is -2.20. The minimum absolute atomic E-state index is 0.148. The molecule has 1 aromatic heterocycles. The first-order valence-electron chi connectivity index (χ1n) is 5.13. The first-order valence-corrected chi connectivity index (χ1v) is 5.51. The zero-order valence-corrected chi connectivity index (χ0v) is 10.5. The molecule has 110 valence electrons. The van der Waals surface area contributed by atoms with Crippen molar-refractivity contribution in [3.05, 3.63) is 52.2 Å². The molecule has 10 heteroatoms. The molecule has 0 aliphatic heterocycles. The topological polar surface area (TPSA) is 54.9 Å². The Morgan fingerprint density at radius 1 is 0.952 bits per heavy atom. The second kappa shape index (κ2) is 5.60. The van der Waals surface area contributed by atoms with Crippen LogP contribution in [0.4, 0.5) is 27.8 Å². The van der Waals surface area contributed by atoms with Gasteiger partial charge < -0.3 is 5.32 Å². The van der Waals surface area contributed by atoms with Crippen molar-refractivity contribution < 1.29 is 26.7 Å². The SMILES string of the molecule is O=C(Nc1cncc(Cl)n1)c1c(F)c(F)c(F)c(F)c1F. The first kappa shape index (κ1) is 15.1. The summed E-state index contributed by atoms with van der Waals surface area (Å²) in [5.41, 5.74) is -1.63. The molecule has 4 nitrogen and oxygen atoms in total. The molecule has 0 fully saturated rings. The zero-order valence-electron chi connectivity index (χ0n) is 9.73. The summed E-state index contributed by atoms with van der Waals surface area (Å²) in [4.78, 5) is 18.7. The summed E-state index contributed by atoms with van der Waals surface area (Å²) in [6.45, 7) is 0. The summed E-state index contributed by atoms with van der Waals surface area (Å²) in [6, 6.07) is 0. The van der Waals surface area contributed by atoms with Crippen molar-refractivity contribution >= 4 is 23.3 Å². The Bertz CT molecular complexity index is 711. The molecule has 1 N–H and O–H groups in total. The molecule has 0 aliphatic rings. The fourth-order valence-corrected chi connectivity index (χ4v) is 1.53. The molecule has 0 saturated heterocycles. The van der Waals surface area contributed by atoms with Crippen LogP contribution in [0.25, 0.3) is 0 Å². The lowest BCUT2D eigenvalue weighted by Gasteiger charge is -2.08. The Kier molecular flexibility index (Phi) is 4.03. The summed E-state index contributed by atoms with van der Waals surface area (Å²) >= 11 is 5.47. The van der Waals surface area contributed by atoms with Crippen LogP contribution in [0.2, 0.25) is 5.15 Å². The number of halogens is 6. The second-order valence-corrected chi connectivity index (χ2v) is 4.01. The number of carbonyl (C=O) groups excluding carboxylic acids is 1. The van der Waals surface area contributed by atoms with Crippen LogP contribution >= 0.6 is 11.6 Å². The number of carbonyl (C=O) groups is 1.